The Balaban J connectivity index is 3.31. The number of aliphatic carboxylic acids is 1. The van der Waals surface area contributed by atoms with Crippen molar-refractivity contribution < 1.29 is 29.1 Å². The van der Waals surface area contributed by atoms with Crippen LogP contribution in [-0.4, -0.2) is 54.8 Å². The van der Waals surface area contributed by atoms with Crippen LogP contribution in [0.2, 0.25) is 0 Å². The summed E-state index contributed by atoms with van der Waals surface area (Å²) in [6, 6.07) is 0. The van der Waals surface area contributed by atoms with Gasteiger partial charge in [0.25, 0.3) is 11.8 Å². The van der Waals surface area contributed by atoms with E-state index in [-0.39, 0.29) is 17.0 Å². The van der Waals surface area contributed by atoms with Gasteiger partial charge in [0.05, 0.1) is 30.5 Å². The standard InChI is InChI=1S/C15H15I3N4O6/c1-5(23)22-13-11(17)8(14(27)19-2)10(16)9(12(13)18)15(28)21-3-6(24)20-4-7(25)26/h3-4H2,1-2H3,(H,19,27)(H,20,24)(H,21,28)(H,22,23)(H,25,26). The number of anilines is 1. The fraction of sp³-hybridized carbons (Fsp3) is 0.267. The minimum atomic E-state index is -1.21. The van der Waals surface area contributed by atoms with Gasteiger partial charge in [0.2, 0.25) is 11.8 Å². The monoisotopic (exact) mass is 728 g/mol. The number of carbonyl (C=O) groups is 5. The number of halogens is 3. The minimum Gasteiger partial charge on any atom is -0.480 e. The molecule has 10 nitrogen and oxygen atoms in total. The predicted octanol–water partition coefficient (Wildman–Crippen LogP) is 0.749. The van der Waals surface area contributed by atoms with Crippen LogP contribution in [0.5, 0.6) is 0 Å². The first-order valence-corrected chi connectivity index (χ1v) is 10.7. The average Bonchev–Trinajstić information content (AvgIpc) is 2.61. The summed E-state index contributed by atoms with van der Waals surface area (Å²) >= 11 is 5.65. The number of carboxylic acids is 1. The number of benzene rings is 1. The number of nitrogens with one attached hydrogen (secondary N) is 4. The van der Waals surface area contributed by atoms with Gasteiger partial charge < -0.3 is 26.4 Å². The van der Waals surface area contributed by atoms with E-state index in [1.54, 1.807) is 0 Å². The summed E-state index contributed by atoms with van der Waals surface area (Å²) in [6.45, 7) is 0.284. The quantitative estimate of drug-likeness (QED) is 0.262. The van der Waals surface area contributed by atoms with E-state index < -0.39 is 36.8 Å². The van der Waals surface area contributed by atoms with Crippen molar-refractivity contribution in [2.45, 2.75) is 6.92 Å². The molecule has 1 aromatic rings. The van der Waals surface area contributed by atoms with Crippen molar-refractivity contribution in [3.63, 3.8) is 0 Å². The molecule has 5 N–H and O–H groups in total. The van der Waals surface area contributed by atoms with Gasteiger partial charge >= 0.3 is 5.97 Å². The fourth-order valence-corrected chi connectivity index (χ4v) is 6.37. The van der Waals surface area contributed by atoms with Crippen LogP contribution in [0.3, 0.4) is 0 Å². The molecule has 1 rings (SSSR count). The third-order valence-electron chi connectivity index (χ3n) is 3.15. The summed E-state index contributed by atoms with van der Waals surface area (Å²) in [5.74, 6) is -3.35. The van der Waals surface area contributed by atoms with Gasteiger partial charge in [0.1, 0.15) is 6.54 Å². The van der Waals surface area contributed by atoms with Crippen LogP contribution >= 0.6 is 67.8 Å². The molecule has 0 saturated heterocycles. The zero-order chi connectivity index (χ0) is 21.6. The van der Waals surface area contributed by atoms with Crippen molar-refractivity contribution in [3.8, 4) is 0 Å². The smallest absolute Gasteiger partial charge is 0.322 e. The minimum absolute atomic E-state index is 0.120. The molecule has 0 bridgehead atoms. The molecule has 0 radical (unpaired) electrons. The Labute approximate surface area is 200 Å². The lowest BCUT2D eigenvalue weighted by Gasteiger charge is -2.18. The molecule has 0 unspecified atom stereocenters. The Morgan fingerprint density at radius 3 is 1.86 bits per heavy atom. The largest absolute Gasteiger partial charge is 0.480 e. The van der Waals surface area contributed by atoms with E-state index in [4.69, 9.17) is 5.11 Å². The van der Waals surface area contributed by atoms with Crippen LogP contribution in [0.25, 0.3) is 0 Å². The molecule has 0 fully saturated rings. The van der Waals surface area contributed by atoms with Gasteiger partial charge in [0, 0.05) is 17.5 Å². The first kappa shape index (κ1) is 24.8. The molecule has 1 aromatic carbocycles. The number of hydrogen-bond acceptors (Lipinski definition) is 5. The molecule has 0 saturated carbocycles. The lowest BCUT2D eigenvalue weighted by atomic mass is 10.1. The fourth-order valence-electron chi connectivity index (χ4n) is 1.96. The van der Waals surface area contributed by atoms with Crippen molar-refractivity contribution in [1.29, 1.82) is 0 Å². The maximum Gasteiger partial charge on any atom is 0.322 e. The molecule has 13 heteroatoms. The number of carboxylic acid groups (broad SMARTS) is 1. The van der Waals surface area contributed by atoms with E-state index in [0.717, 1.165) is 0 Å². The van der Waals surface area contributed by atoms with Gasteiger partial charge in [-0.15, -0.1) is 0 Å². The topological polar surface area (TPSA) is 154 Å². The van der Waals surface area contributed by atoms with Crippen molar-refractivity contribution in [1.82, 2.24) is 16.0 Å². The van der Waals surface area contributed by atoms with Crippen LogP contribution in [0, 0.1) is 10.7 Å². The first-order valence-electron chi connectivity index (χ1n) is 7.48. The van der Waals surface area contributed by atoms with Crippen LogP contribution in [0.15, 0.2) is 0 Å². The van der Waals surface area contributed by atoms with Crippen molar-refractivity contribution >= 4 is 103 Å². The number of hydrogen-bond donors (Lipinski definition) is 5. The average molecular weight is 728 g/mol. The van der Waals surface area contributed by atoms with Gasteiger partial charge in [-0.25, -0.2) is 0 Å². The Morgan fingerprint density at radius 2 is 1.39 bits per heavy atom. The molecule has 0 atom stereocenters. The lowest BCUT2D eigenvalue weighted by molar-refractivity contribution is -0.137. The molecule has 0 aliphatic heterocycles. The van der Waals surface area contributed by atoms with E-state index >= 15 is 0 Å². The van der Waals surface area contributed by atoms with Crippen LogP contribution in [-0.2, 0) is 14.4 Å². The SMILES string of the molecule is CNC(=O)c1c(I)c(NC(C)=O)c(I)c(C(=O)NCC(=O)NCC(=O)O)c1I. The Morgan fingerprint density at radius 1 is 0.857 bits per heavy atom. The molecule has 0 spiro atoms. The van der Waals surface area contributed by atoms with E-state index in [9.17, 15) is 24.0 Å². The third kappa shape index (κ3) is 6.39. The highest BCUT2D eigenvalue weighted by Gasteiger charge is 2.28. The normalized spacial score (nSPS) is 10.0. The molecule has 0 aliphatic carbocycles. The predicted molar refractivity (Wildman–Crippen MR) is 125 cm³/mol. The molecular weight excluding hydrogens is 713 g/mol. The summed E-state index contributed by atoms with van der Waals surface area (Å²) in [4.78, 5) is 58.6. The summed E-state index contributed by atoms with van der Waals surface area (Å²) in [7, 11) is 1.44. The van der Waals surface area contributed by atoms with Crippen molar-refractivity contribution in [3.05, 3.63) is 21.8 Å². The highest BCUT2D eigenvalue weighted by atomic mass is 127. The van der Waals surface area contributed by atoms with Crippen LogP contribution < -0.4 is 21.3 Å². The molecule has 0 heterocycles. The Kier molecular flexibility index (Phi) is 9.81. The second-order valence-corrected chi connectivity index (χ2v) is 8.42. The second kappa shape index (κ2) is 11.1. The second-order valence-electron chi connectivity index (χ2n) is 5.18. The van der Waals surface area contributed by atoms with Crippen LogP contribution in [0.1, 0.15) is 27.6 Å². The molecule has 4 amide bonds. The summed E-state index contributed by atoms with van der Waals surface area (Å²) in [5, 5.41) is 18.2. The zero-order valence-corrected chi connectivity index (χ0v) is 21.0. The van der Waals surface area contributed by atoms with Gasteiger partial charge in [-0.05, 0) is 67.8 Å². The van der Waals surface area contributed by atoms with Crippen LogP contribution in [0.4, 0.5) is 5.69 Å². The molecule has 28 heavy (non-hydrogen) atoms. The number of amides is 4. The van der Waals surface area contributed by atoms with Crippen molar-refractivity contribution in [2.75, 3.05) is 25.5 Å². The maximum absolute atomic E-state index is 12.7. The molecule has 152 valence electrons. The maximum atomic E-state index is 12.7. The van der Waals surface area contributed by atoms with Gasteiger partial charge in [0.15, 0.2) is 0 Å². The first-order chi connectivity index (χ1) is 13.0. The van der Waals surface area contributed by atoms with E-state index in [1.807, 2.05) is 67.8 Å². The highest BCUT2D eigenvalue weighted by molar-refractivity contribution is 14.1. The third-order valence-corrected chi connectivity index (χ3v) is 6.38. The van der Waals surface area contributed by atoms with Crippen molar-refractivity contribution in [2.24, 2.45) is 0 Å². The summed E-state index contributed by atoms with van der Waals surface area (Å²) in [6.07, 6.45) is 0. The number of carbonyl (C=O) groups excluding carboxylic acids is 4. The Bertz CT molecular complexity index is 859. The Hall–Kier alpha value is -1.24. The van der Waals surface area contributed by atoms with E-state index in [1.165, 1.54) is 14.0 Å². The van der Waals surface area contributed by atoms with E-state index in [2.05, 4.69) is 21.3 Å². The van der Waals surface area contributed by atoms with Gasteiger partial charge in [-0.2, -0.15) is 0 Å². The summed E-state index contributed by atoms with van der Waals surface area (Å²) < 4.78 is 1.22. The zero-order valence-electron chi connectivity index (χ0n) is 14.5. The van der Waals surface area contributed by atoms with Gasteiger partial charge in [-0.1, -0.05) is 0 Å². The molecule has 0 aliphatic rings. The summed E-state index contributed by atoms with van der Waals surface area (Å²) in [5.41, 5.74) is 0.650. The number of rotatable bonds is 7. The molecule has 0 aromatic heterocycles. The molecular formula is C15H15I3N4O6. The highest BCUT2D eigenvalue weighted by Crippen LogP contribution is 2.35. The van der Waals surface area contributed by atoms with E-state index in [0.29, 0.717) is 16.4 Å². The van der Waals surface area contributed by atoms with Gasteiger partial charge in [-0.3, -0.25) is 24.0 Å². The lowest BCUT2D eigenvalue weighted by Crippen LogP contribution is -2.39.